The van der Waals surface area contributed by atoms with E-state index < -0.39 is 0 Å². The highest BCUT2D eigenvalue weighted by atomic mass is 35.5. The van der Waals surface area contributed by atoms with Crippen molar-refractivity contribution in [2.24, 2.45) is 5.41 Å². The van der Waals surface area contributed by atoms with Crippen molar-refractivity contribution in [2.75, 3.05) is 19.0 Å². The number of hydrogen-bond donors (Lipinski definition) is 1. The van der Waals surface area contributed by atoms with Crippen molar-refractivity contribution in [3.63, 3.8) is 0 Å². The van der Waals surface area contributed by atoms with Gasteiger partial charge in [-0.15, -0.1) is 11.6 Å². The van der Waals surface area contributed by atoms with E-state index in [-0.39, 0.29) is 0 Å². The van der Waals surface area contributed by atoms with E-state index in [2.05, 4.69) is 26.1 Å². The summed E-state index contributed by atoms with van der Waals surface area (Å²) < 4.78 is 0. The maximum atomic E-state index is 5.71. The summed E-state index contributed by atoms with van der Waals surface area (Å²) in [4.78, 5) is 0. The van der Waals surface area contributed by atoms with Gasteiger partial charge in [0.2, 0.25) is 0 Å². The van der Waals surface area contributed by atoms with E-state index in [1.165, 1.54) is 38.6 Å². The summed E-state index contributed by atoms with van der Waals surface area (Å²) >= 11 is 5.71. The average Bonchev–Trinajstić information content (AvgIpc) is 2.20. The van der Waals surface area contributed by atoms with Crippen molar-refractivity contribution >= 4 is 11.6 Å². The lowest BCUT2D eigenvalue weighted by atomic mass is 9.88. The number of unbranched alkanes of at least 4 members (excludes halogenated alkanes) is 3. The Bertz CT molecular complexity index is 134. The minimum atomic E-state index is 0.402. The lowest BCUT2D eigenvalue weighted by molar-refractivity contribution is 0.311. The highest BCUT2D eigenvalue weighted by Crippen LogP contribution is 2.21. The molecule has 0 aromatic carbocycles. The van der Waals surface area contributed by atoms with Crippen molar-refractivity contribution < 1.29 is 0 Å². The van der Waals surface area contributed by atoms with Crippen LogP contribution in [0.15, 0.2) is 0 Å². The Morgan fingerprint density at radius 1 is 1.07 bits per heavy atom. The van der Waals surface area contributed by atoms with Crippen LogP contribution in [0.1, 0.15) is 59.3 Å². The number of rotatable bonds is 10. The molecule has 2 heteroatoms. The monoisotopic (exact) mass is 233 g/mol. The van der Waals surface area contributed by atoms with Crippen LogP contribution in [0.5, 0.6) is 0 Å². The van der Waals surface area contributed by atoms with Crippen molar-refractivity contribution in [2.45, 2.75) is 59.3 Å². The van der Waals surface area contributed by atoms with Gasteiger partial charge in [-0.1, -0.05) is 40.0 Å². The highest BCUT2D eigenvalue weighted by molar-refractivity contribution is 6.17. The fourth-order valence-corrected chi connectivity index (χ4v) is 1.87. The van der Waals surface area contributed by atoms with Crippen LogP contribution >= 0.6 is 11.6 Å². The minimum Gasteiger partial charge on any atom is -0.316 e. The van der Waals surface area contributed by atoms with E-state index in [0.29, 0.717) is 5.41 Å². The molecule has 0 heterocycles. The summed E-state index contributed by atoms with van der Waals surface area (Å²) in [6.07, 6.45) is 7.73. The molecule has 0 radical (unpaired) electrons. The fraction of sp³-hybridized carbons (Fsp3) is 1.00. The Morgan fingerprint density at radius 3 is 2.40 bits per heavy atom. The van der Waals surface area contributed by atoms with Gasteiger partial charge in [-0.25, -0.2) is 0 Å². The molecule has 1 nitrogen and oxygen atoms in total. The topological polar surface area (TPSA) is 12.0 Å². The van der Waals surface area contributed by atoms with Crippen molar-refractivity contribution in [1.82, 2.24) is 5.32 Å². The van der Waals surface area contributed by atoms with E-state index in [1.54, 1.807) is 0 Å². The molecule has 0 rings (SSSR count). The lowest BCUT2D eigenvalue weighted by Gasteiger charge is -2.24. The molecule has 0 aliphatic rings. The molecule has 1 N–H and O–H groups in total. The van der Waals surface area contributed by atoms with E-state index in [4.69, 9.17) is 11.6 Å². The molecule has 0 fully saturated rings. The van der Waals surface area contributed by atoms with Gasteiger partial charge in [0.1, 0.15) is 0 Å². The first-order chi connectivity index (χ1) is 7.12. The first kappa shape index (κ1) is 15.2. The molecule has 15 heavy (non-hydrogen) atoms. The molecule has 0 amide bonds. The average molecular weight is 234 g/mol. The first-order valence-corrected chi connectivity index (χ1v) is 6.92. The molecule has 0 aliphatic heterocycles. The van der Waals surface area contributed by atoms with Crippen LogP contribution in [0.3, 0.4) is 0 Å². The Morgan fingerprint density at radius 2 is 1.80 bits per heavy atom. The quantitative estimate of drug-likeness (QED) is 0.441. The van der Waals surface area contributed by atoms with Crippen molar-refractivity contribution in [1.29, 1.82) is 0 Å². The third-order valence-electron chi connectivity index (χ3n) is 2.80. The molecule has 0 aromatic heterocycles. The van der Waals surface area contributed by atoms with Gasteiger partial charge in [-0.05, 0) is 31.2 Å². The van der Waals surface area contributed by atoms with Gasteiger partial charge in [-0.2, -0.15) is 0 Å². The first-order valence-electron chi connectivity index (χ1n) is 6.39. The SMILES string of the molecule is CCCCCCNCC(C)(C)CCCCl. The molecule has 92 valence electrons. The van der Waals surface area contributed by atoms with E-state index >= 15 is 0 Å². The van der Waals surface area contributed by atoms with E-state index in [1.807, 2.05) is 0 Å². The molecular formula is C13H28ClN. The molecule has 0 unspecified atom stereocenters. The smallest absolute Gasteiger partial charge is 0.0223 e. The number of alkyl halides is 1. The van der Waals surface area contributed by atoms with Gasteiger partial charge < -0.3 is 5.32 Å². The van der Waals surface area contributed by atoms with E-state index in [9.17, 15) is 0 Å². The fourth-order valence-electron chi connectivity index (χ4n) is 1.74. The van der Waals surface area contributed by atoms with Gasteiger partial charge in [0.05, 0.1) is 0 Å². The molecule has 0 saturated heterocycles. The number of nitrogens with one attached hydrogen (secondary N) is 1. The summed E-state index contributed by atoms with van der Waals surface area (Å²) in [7, 11) is 0. The van der Waals surface area contributed by atoms with Gasteiger partial charge in [0.25, 0.3) is 0 Å². The van der Waals surface area contributed by atoms with Crippen LogP contribution in [0.2, 0.25) is 0 Å². The Balaban J connectivity index is 3.32. The Labute approximate surface area is 101 Å². The van der Waals surface area contributed by atoms with Crippen molar-refractivity contribution in [3.05, 3.63) is 0 Å². The summed E-state index contributed by atoms with van der Waals surface area (Å²) in [5.41, 5.74) is 0.402. The third kappa shape index (κ3) is 10.5. The van der Waals surface area contributed by atoms with Crippen LogP contribution in [0.4, 0.5) is 0 Å². The van der Waals surface area contributed by atoms with Crippen molar-refractivity contribution in [3.8, 4) is 0 Å². The second-order valence-corrected chi connectivity index (χ2v) is 5.57. The maximum Gasteiger partial charge on any atom is 0.0223 e. The number of hydrogen-bond acceptors (Lipinski definition) is 1. The standard InChI is InChI=1S/C13H28ClN/c1-4-5-6-7-11-15-12-13(2,3)9-8-10-14/h15H,4-12H2,1-3H3. The predicted molar refractivity (Wildman–Crippen MR) is 70.7 cm³/mol. The van der Waals surface area contributed by atoms with E-state index in [0.717, 1.165) is 18.8 Å². The van der Waals surface area contributed by atoms with Crippen LogP contribution < -0.4 is 5.32 Å². The second-order valence-electron chi connectivity index (χ2n) is 5.19. The summed E-state index contributed by atoms with van der Waals surface area (Å²) in [6, 6.07) is 0. The third-order valence-corrected chi connectivity index (χ3v) is 3.07. The van der Waals surface area contributed by atoms with Crippen LogP contribution in [-0.4, -0.2) is 19.0 Å². The zero-order chi connectivity index (χ0) is 11.6. The molecule has 0 atom stereocenters. The maximum absolute atomic E-state index is 5.71. The van der Waals surface area contributed by atoms with Crippen LogP contribution in [0.25, 0.3) is 0 Å². The second kappa shape index (κ2) is 9.47. The van der Waals surface area contributed by atoms with Gasteiger partial charge in [0.15, 0.2) is 0 Å². The summed E-state index contributed by atoms with van der Waals surface area (Å²) in [6.45, 7) is 9.18. The van der Waals surface area contributed by atoms with Crippen LogP contribution in [-0.2, 0) is 0 Å². The highest BCUT2D eigenvalue weighted by Gasteiger charge is 2.15. The Kier molecular flexibility index (Phi) is 9.63. The zero-order valence-corrected chi connectivity index (χ0v) is 11.5. The van der Waals surface area contributed by atoms with Gasteiger partial charge in [0, 0.05) is 12.4 Å². The molecule has 0 aliphatic carbocycles. The molecular weight excluding hydrogens is 206 g/mol. The zero-order valence-electron chi connectivity index (χ0n) is 10.7. The normalized spacial score (nSPS) is 12.0. The van der Waals surface area contributed by atoms with Gasteiger partial charge in [-0.3, -0.25) is 0 Å². The minimum absolute atomic E-state index is 0.402. The largest absolute Gasteiger partial charge is 0.316 e. The predicted octanol–water partition coefficient (Wildman–Crippen LogP) is 4.20. The summed E-state index contributed by atoms with van der Waals surface area (Å²) in [5.74, 6) is 0.792. The molecule has 0 spiro atoms. The lowest BCUT2D eigenvalue weighted by Crippen LogP contribution is -2.30. The molecule has 0 aromatic rings. The van der Waals surface area contributed by atoms with Crippen LogP contribution in [0, 0.1) is 5.41 Å². The summed E-state index contributed by atoms with van der Waals surface area (Å²) in [5, 5.41) is 3.55. The van der Waals surface area contributed by atoms with Gasteiger partial charge >= 0.3 is 0 Å². The molecule has 0 saturated carbocycles. The number of halogens is 1. The Hall–Kier alpha value is 0.250. The molecule has 0 bridgehead atoms.